The van der Waals surface area contributed by atoms with E-state index in [2.05, 4.69) is 27.7 Å². The summed E-state index contributed by atoms with van der Waals surface area (Å²) in [5, 5.41) is 0. The van der Waals surface area contributed by atoms with Crippen LogP contribution in [-0.2, 0) is 0 Å². The summed E-state index contributed by atoms with van der Waals surface area (Å²) in [6.45, 7) is 25.1. The van der Waals surface area contributed by atoms with Gasteiger partial charge in [0.05, 0.1) is 0 Å². The Balaban J connectivity index is -0.0000000697. The molecule has 0 atom stereocenters. The van der Waals surface area contributed by atoms with Crippen LogP contribution in [-0.4, -0.2) is 5.48 Å². The topological polar surface area (TPSA) is 31.5 Å². The monoisotopic (exact) mass is 491 g/mol. The molecule has 3 aliphatic rings. The maximum absolute atomic E-state index is 2.36. The Bertz CT molecular complexity index is 193. The molecule has 0 saturated heterocycles. The molecular formula is C33H78O. The minimum absolute atomic E-state index is 0. The molecule has 0 radical (unpaired) electrons. The lowest BCUT2D eigenvalue weighted by molar-refractivity contribution is 0.385. The zero-order valence-corrected chi connectivity index (χ0v) is 27.1. The molecule has 0 aromatic heterocycles. The van der Waals surface area contributed by atoms with Gasteiger partial charge in [0.1, 0.15) is 0 Å². The van der Waals surface area contributed by atoms with Crippen LogP contribution in [0.1, 0.15) is 205 Å². The second kappa shape index (κ2) is 54.0. The Hall–Kier alpha value is -0.0400. The Morgan fingerprint density at radius 3 is 0.647 bits per heavy atom. The van der Waals surface area contributed by atoms with Gasteiger partial charge in [-0.2, -0.15) is 0 Å². The minimum atomic E-state index is 0. The molecule has 3 fully saturated rings. The standard InChI is InChI=1S/2C7H14.C6H12.C5H12.4C2H6.H2O/c2*1-7-5-3-2-4-6-7;1-2-4-6-5-3-1;1-3-5-4-2;4*1-2;/h2*7H,2-6H2,1H3;1-6H2;3-5H2,1-2H3;4*1-2H3;1H2. The first-order valence-corrected chi connectivity index (χ1v) is 16.2. The summed E-state index contributed by atoms with van der Waals surface area (Å²) in [5.41, 5.74) is 0. The Kier molecular flexibility index (Phi) is 75.0. The molecule has 3 rings (SSSR count). The zero-order valence-electron chi connectivity index (χ0n) is 27.1. The van der Waals surface area contributed by atoms with Crippen molar-refractivity contribution in [2.24, 2.45) is 11.8 Å². The van der Waals surface area contributed by atoms with Gasteiger partial charge in [-0.25, -0.2) is 0 Å². The third-order valence-electron chi connectivity index (χ3n) is 5.99. The summed E-state index contributed by atoms with van der Waals surface area (Å²) in [4.78, 5) is 0. The van der Waals surface area contributed by atoms with Crippen LogP contribution in [0, 0.1) is 11.8 Å². The van der Waals surface area contributed by atoms with E-state index in [1.165, 1.54) is 122 Å². The highest BCUT2D eigenvalue weighted by Crippen LogP contribution is 2.22. The molecule has 0 spiro atoms. The summed E-state index contributed by atoms with van der Waals surface area (Å²) in [5.74, 6) is 2.07. The minimum Gasteiger partial charge on any atom is -0.412 e. The molecule has 1 nitrogen and oxygen atoms in total. The van der Waals surface area contributed by atoms with Crippen LogP contribution >= 0.6 is 0 Å². The van der Waals surface area contributed by atoms with E-state index in [-0.39, 0.29) is 5.48 Å². The molecule has 1 heteroatoms. The SMILES string of the molecule is C1CCCCC1.CC.CC.CC.CC.CC1CCCCC1.CC1CCCCC1.CCCCC.O. The van der Waals surface area contributed by atoms with E-state index in [9.17, 15) is 0 Å². The summed E-state index contributed by atoms with van der Waals surface area (Å²) in [6.07, 6.45) is 28.0. The largest absolute Gasteiger partial charge is 0.412 e. The van der Waals surface area contributed by atoms with E-state index < -0.39 is 0 Å². The van der Waals surface area contributed by atoms with Crippen LogP contribution in [0.3, 0.4) is 0 Å². The van der Waals surface area contributed by atoms with Crippen molar-refractivity contribution in [1.29, 1.82) is 0 Å². The van der Waals surface area contributed by atoms with Crippen LogP contribution in [0.15, 0.2) is 0 Å². The third kappa shape index (κ3) is 53.4. The lowest BCUT2D eigenvalue weighted by Crippen LogP contribution is -1.99. The highest BCUT2D eigenvalue weighted by molar-refractivity contribution is 4.60. The van der Waals surface area contributed by atoms with E-state index >= 15 is 0 Å². The van der Waals surface area contributed by atoms with Gasteiger partial charge in [-0.3, -0.25) is 0 Å². The maximum Gasteiger partial charge on any atom is -0.0443 e. The first-order valence-electron chi connectivity index (χ1n) is 16.2. The van der Waals surface area contributed by atoms with Gasteiger partial charge in [0.2, 0.25) is 0 Å². The van der Waals surface area contributed by atoms with Gasteiger partial charge < -0.3 is 5.48 Å². The molecule has 216 valence electrons. The highest BCUT2D eigenvalue weighted by Gasteiger charge is 2.06. The van der Waals surface area contributed by atoms with Gasteiger partial charge in [-0.15, -0.1) is 0 Å². The summed E-state index contributed by atoms with van der Waals surface area (Å²) in [6, 6.07) is 0. The van der Waals surface area contributed by atoms with Crippen molar-refractivity contribution >= 4 is 0 Å². The Labute approximate surface area is 222 Å². The van der Waals surface area contributed by atoms with Crippen molar-refractivity contribution in [1.82, 2.24) is 0 Å². The fraction of sp³-hybridized carbons (Fsp3) is 1.00. The number of hydrogen-bond acceptors (Lipinski definition) is 0. The van der Waals surface area contributed by atoms with Crippen LogP contribution in [0.25, 0.3) is 0 Å². The van der Waals surface area contributed by atoms with Gasteiger partial charge in [-0.1, -0.05) is 205 Å². The molecular weight excluding hydrogens is 412 g/mol. The Morgan fingerprint density at radius 2 is 0.559 bits per heavy atom. The molecule has 0 aliphatic heterocycles. The van der Waals surface area contributed by atoms with Crippen LogP contribution in [0.5, 0.6) is 0 Å². The van der Waals surface area contributed by atoms with E-state index in [0.29, 0.717) is 0 Å². The summed E-state index contributed by atoms with van der Waals surface area (Å²) < 4.78 is 0. The third-order valence-corrected chi connectivity index (χ3v) is 5.99. The lowest BCUT2D eigenvalue weighted by Gasteiger charge is -2.15. The fourth-order valence-electron chi connectivity index (χ4n) is 4.03. The predicted octanol–water partition coefficient (Wildman–Crippen LogP) is 13.0. The molecule has 2 N–H and O–H groups in total. The lowest BCUT2D eigenvalue weighted by atomic mass is 9.91. The first kappa shape index (κ1) is 47.2. The van der Waals surface area contributed by atoms with Crippen molar-refractivity contribution in [3.05, 3.63) is 0 Å². The second-order valence-corrected chi connectivity index (χ2v) is 8.96. The van der Waals surface area contributed by atoms with Gasteiger partial charge in [-0.05, 0) is 11.8 Å². The fourth-order valence-corrected chi connectivity index (χ4v) is 4.03. The number of unbranched alkanes of at least 4 members (excludes halogenated alkanes) is 2. The van der Waals surface area contributed by atoms with Crippen molar-refractivity contribution < 1.29 is 5.48 Å². The number of hydrogen-bond donors (Lipinski definition) is 0. The highest BCUT2D eigenvalue weighted by atomic mass is 16.0. The predicted molar refractivity (Wildman–Crippen MR) is 166 cm³/mol. The van der Waals surface area contributed by atoms with Gasteiger partial charge in [0, 0.05) is 0 Å². The molecule has 0 bridgehead atoms. The molecule has 0 unspecified atom stereocenters. The second-order valence-electron chi connectivity index (χ2n) is 8.96. The van der Waals surface area contributed by atoms with Gasteiger partial charge >= 0.3 is 0 Å². The van der Waals surface area contributed by atoms with Crippen molar-refractivity contribution in [2.75, 3.05) is 0 Å². The van der Waals surface area contributed by atoms with E-state index in [1.807, 2.05) is 55.4 Å². The molecule has 0 heterocycles. The van der Waals surface area contributed by atoms with Crippen LogP contribution in [0.2, 0.25) is 0 Å². The summed E-state index contributed by atoms with van der Waals surface area (Å²) in [7, 11) is 0. The van der Waals surface area contributed by atoms with E-state index in [4.69, 9.17) is 0 Å². The van der Waals surface area contributed by atoms with Gasteiger partial charge in [0.15, 0.2) is 0 Å². The molecule has 3 aliphatic carbocycles. The molecule has 0 amide bonds. The molecule has 34 heavy (non-hydrogen) atoms. The van der Waals surface area contributed by atoms with E-state index in [0.717, 1.165) is 11.8 Å². The van der Waals surface area contributed by atoms with Crippen molar-refractivity contribution in [3.8, 4) is 0 Å². The normalized spacial score (nSPS) is 16.6. The van der Waals surface area contributed by atoms with E-state index in [1.54, 1.807) is 0 Å². The van der Waals surface area contributed by atoms with Gasteiger partial charge in [0.25, 0.3) is 0 Å². The zero-order chi connectivity index (χ0) is 26.6. The van der Waals surface area contributed by atoms with Crippen LogP contribution < -0.4 is 0 Å². The van der Waals surface area contributed by atoms with Crippen LogP contribution in [0.4, 0.5) is 0 Å². The molecule has 0 aromatic carbocycles. The smallest absolute Gasteiger partial charge is 0.0443 e. The number of rotatable bonds is 2. The maximum atomic E-state index is 2.36. The average Bonchev–Trinajstić information content (AvgIpc) is 2.92. The summed E-state index contributed by atoms with van der Waals surface area (Å²) >= 11 is 0. The molecule has 0 aromatic rings. The quantitative estimate of drug-likeness (QED) is 0.368. The van der Waals surface area contributed by atoms with Crippen molar-refractivity contribution in [2.45, 2.75) is 205 Å². The average molecular weight is 491 g/mol. The van der Waals surface area contributed by atoms with Crippen molar-refractivity contribution in [3.63, 3.8) is 0 Å². The first-order chi connectivity index (χ1) is 16.2. The Morgan fingerprint density at radius 1 is 0.382 bits per heavy atom. The molecule has 3 saturated carbocycles.